The molecule has 0 unspecified atom stereocenters. The molecule has 34 heteroatoms. The largest absolute Gasteiger partial charge is 0.462 e. The Labute approximate surface area is 663 Å². The van der Waals surface area contributed by atoms with Crippen molar-refractivity contribution in [1.29, 1.82) is 0 Å². The number of hydrogen-bond donors (Lipinski definition) is 0. The number of fused-ring (bicyclic) bond motifs is 4. The fourth-order valence-corrected chi connectivity index (χ4v) is 16.4. The molecule has 0 N–H and O–H groups in total. The summed E-state index contributed by atoms with van der Waals surface area (Å²) in [6.07, 6.45) is 1.44. The minimum absolute atomic E-state index is 0.0177. The van der Waals surface area contributed by atoms with Crippen LogP contribution >= 0.6 is 22.7 Å². The number of nitrogens with zero attached hydrogens (tertiary/aromatic N) is 15. The summed E-state index contributed by atoms with van der Waals surface area (Å²) < 4.78 is 15.8. The lowest BCUT2D eigenvalue weighted by Crippen LogP contribution is -2.49. The lowest BCUT2D eigenvalue weighted by atomic mass is 10.1. The van der Waals surface area contributed by atoms with Gasteiger partial charge in [-0.2, -0.15) is 0 Å². The van der Waals surface area contributed by atoms with Crippen molar-refractivity contribution in [3.05, 3.63) is 279 Å². The van der Waals surface area contributed by atoms with Crippen LogP contribution in [0, 0.1) is 30.3 Å². The molecule has 592 valence electrons. The molecule has 0 atom stereocenters. The molecule has 0 bridgehead atoms. The first kappa shape index (κ1) is 79.5. The van der Waals surface area contributed by atoms with Crippen molar-refractivity contribution >= 4 is 136 Å². The van der Waals surface area contributed by atoms with E-state index >= 15 is 0 Å². The number of ether oxygens (including phenoxy) is 1. The fraction of sp³-hybridized carbons (Fsp3) is 0.272. The van der Waals surface area contributed by atoms with Crippen LogP contribution in [0.5, 0.6) is 0 Å². The standard InChI is InChI=1S/C22H23N3O4S.C21H20N4O4.C19H18N4O5.C19H18N4O4S/c1-3-29-22(28)18-19(15-7-4-5-8-16(15)23(2)21(18)27)24-10-12-25(13-11-24)20(26)17-9-6-14-30-17;1-22-17-10-6-5-9-16(17)18(19(21(22)27)25(28)29)23-11-13-24(14-12-23)20(26)15-7-3-2-4-8-15;2*1-20-14-6-3-2-5-13(14)16(17(19(20)25)23(26)27)21-8-10-22(11-9-21)18(24)15-7-4-12-28-15/h4-9,14H,3,10-13H2,1-2H3;2-10H,11-14H2,1H3;2*2-7,12H,8-11H2,1H3. The van der Waals surface area contributed by atoms with Gasteiger partial charge < -0.3 is 66.6 Å². The fourth-order valence-electron chi connectivity index (χ4n) is 15.0. The van der Waals surface area contributed by atoms with Crippen molar-refractivity contribution in [2.45, 2.75) is 6.92 Å². The van der Waals surface area contributed by atoms with Gasteiger partial charge in [0, 0.05) is 160 Å². The Morgan fingerprint density at radius 1 is 0.374 bits per heavy atom. The van der Waals surface area contributed by atoms with Crippen molar-refractivity contribution in [2.75, 3.05) is 131 Å². The Kier molecular flexibility index (Phi) is 23.9. The summed E-state index contributed by atoms with van der Waals surface area (Å²) in [6, 6.07) is 48.6. The van der Waals surface area contributed by atoms with Crippen LogP contribution < -0.4 is 41.8 Å². The predicted octanol–water partition coefficient (Wildman–Crippen LogP) is 9.62. The van der Waals surface area contributed by atoms with Gasteiger partial charge in [0.25, 0.3) is 29.2 Å². The van der Waals surface area contributed by atoms with E-state index in [1.54, 1.807) is 139 Å². The number of anilines is 4. The van der Waals surface area contributed by atoms with Crippen LogP contribution in [0.3, 0.4) is 0 Å². The highest BCUT2D eigenvalue weighted by Gasteiger charge is 2.37. The van der Waals surface area contributed by atoms with E-state index in [1.807, 2.05) is 95.9 Å². The van der Waals surface area contributed by atoms with Crippen LogP contribution in [0.15, 0.2) is 204 Å². The molecule has 4 saturated heterocycles. The van der Waals surface area contributed by atoms with E-state index in [9.17, 15) is 73.5 Å². The maximum atomic E-state index is 13.1. The number of hydrogen-bond acceptors (Lipinski definition) is 23. The Bertz CT molecular complexity index is 5800. The van der Waals surface area contributed by atoms with Gasteiger partial charge in [0.15, 0.2) is 5.76 Å². The first-order chi connectivity index (χ1) is 55.5. The summed E-state index contributed by atoms with van der Waals surface area (Å²) >= 11 is 2.82. The number of carbonyl (C=O) groups excluding carboxylic acids is 5. The van der Waals surface area contributed by atoms with Gasteiger partial charge in [-0.3, -0.25) is 68.7 Å². The molecule has 4 amide bonds. The number of piperazine rings is 4. The number of amides is 4. The zero-order chi connectivity index (χ0) is 81.5. The van der Waals surface area contributed by atoms with Crippen LogP contribution in [0.25, 0.3) is 43.6 Å². The molecule has 5 aromatic carbocycles. The molecule has 32 nitrogen and oxygen atoms in total. The Morgan fingerprint density at radius 3 is 1.01 bits per heavy atom. The van der Waals surface area contributed by atoms with Gasteiger partial charge in [-0.1, -0.05) is 103 Å². The molecule has 11 heterocycles. The van der Waals surface area contributed by atoms with Crippen LogP contribution in [-0.2, 0) is 32.9 Å². The number of thiophene rings is 2. The summed E-state index contributed by atoms with van der Waals surface area (Å²) in [4.78, 5) is 163. The molecule has 0 spiro atoms. The highest BCUT2D eigenvalue weighted by atomic mass is 32.1. The minimum Gasteiger partial charge on any atom is -0.462 e. The molecule has 16 rings (SSSR count). The van der Waals surface area contributed by atoms with Gasteiger partial charge >= 0.3 is 39.7 Å². The van der Waals surface area contributed by atoms with Gasteiger partial charge in [-0.25, -0.2) is 4.79 Å². The number of rotatable bonds is 13. The van der Waals surface area contributed by atoms with E-state index in [1.165, 1.54) is 61.3 Å². The minimum atomic E-state index is -0.646. The predicted molar refractivity (Wildman–Crippen MR) is 439 cm³/mol. The highest BCUT2D eigenvalue weighted by Crippen LogP contribution is 2.38. The Balaban J connectivity index is 0.000000134. The molecular formula is C81H79N15O17S2. The van der Waals surface area contributed by atoms with Crippen LogP contribution in [0.1, 0.15) is 57.5 Å². The summed E-state index contributed by atoms with van der Waals surface area (Å²) in [6.45, 7) is 8.92. The molecule has 4 aliphatic heterocycles. The third-order valence-corrected chi connectivity index (χ3v) is 22.5. The quantitative estimate of drug-likeness (QED) is 0.0588. The average molecular weight is 1600 g/mol. The lowest BCUT2D eigenvalue weighted by molar-refractivity contribution is -0.385. The topological polar surface area (TPSA) is 351 Å². The second-order valence-electron chi connectivity index (χ2n) is 27.2. The summed E-state index contributed by atoms with van der Waals surface area (Å²) in [5.41, 5.74) is 1.35. The van der Waals surface area contributed by atoms with Crippen molar-refractivity contribution in [3.63, 3.8) is 0 Å². The number of aryl methyl sites for hydroxylation is 4. The van der Waals surface area contributed by atoms with Gasteiger partial charge in [0.2, 0.25) is 0 Å². The van der Waals surface area contributed by atoms with Crippen molar-refractivity contribution in [3.8, 4) is 0 Å². The van der Waals surface area contributed by atoms with Crippen molar-refractivity contribution in [2.24, 2.45) is 28.2 Å². The third-order valence-electron chi connectivity index (χ3n) is 20.8. The Hall–Kier alpha value is -13.6. The first-order valence-electron chi connectivity index (χ1n) is 36.9. The van der Waals surface area contributed by atoms with Crippen molar-refractivity contribution < 1.29 is 47.9 Å². The second-order valence-corrected chi connectivity index (χ2v) is 29.1. The van der Waals surface area contributed by atoms with E-state index in [0.717, 1.165) is 15.8 Å². The summed E-state index contributed by atoms with van der Waals surface area (Å²) in [5.74, 6) is -0.641. The van der Waals surface area contributed by atoms with Crippen LogP contribution in [0.4, 0.5) is 39.8 Å². The molecule has 115 heavy (non-hydrogen) atoms. The zero-order valence-electron chi connectivity index (χ0n) is 63.3. The van der Waals surface area contributed by atoms with E-state index in [4.69, 9.17) is 9.15 Å². The van der Waals surface area contributed by atoms with Crippen molar-refractivity contribution in [1.82, 2.24) is 37.9 Å². The average Bonchev–Trinajstić information content (AvgIpc) is 1.18. The molecule has 12 aromatic rings. The number of nitro groups is 3. The van der Waals surface area contributed by atoms with Gasteiger partial charge in [-0.15, -0.1) is 22.7 Å². The molecule has 0 saturated carbocycles. The van der Waals surface area contributed by atoms with E-state index < -0.39 is 54.5 Å². The molecule has 4 fully saturated rings. The smallest absolute Gasteiger partial charge is 0.357 e. The highest BCUT2D eigenvalue weighted by molar-refractivity contribution is 7.12. The number of pyridine rings is 4. The van der Waals surface area contributed by atoms with E-state index in [-0.39, 0.29) is 47.1 Å². The number of benzene rings is 5. The zero-order valence-corrected chi connectivity index (χ0v) is 64.9. The van der Waals surface area contributed by atoms with Gasteiger partial charge in [0.05, 0.1) is 65.1 Å². The normalized spacial score (nSPS) is 14.3. The van der Waals surface area contributed by atoms with E-state index in [0.29, 0.717) is 171 Å². The second kappa shape index (κ2) is 34.5. The molecular weight excluding hydrogens is 1520 g/mol. The number of furan rings is 1. The maximum Gasteiger partial charge on any atom is 0.357 e. The first-order valence-corrected chi connectivity index (χ1v) is 38.6. The summed E-state index contributed by atoms with van der Waals surface area (Å²) in [5, 5.41) is 41.7. The number of carbonyl (C=O) groups is 5. The third kappa shape index (κ3) is 16.0. The maximum absolute atomic E-state index is 13.1. The monoisotopic (exact) mass is 1600 g/mol. The van der Waals surface area contributed by atoms with Crippen LogP contribution in [0.2, 0.25) is 0 Å². The lowest BCUT2D eigenvalue weighted by Gasteiger charge is -2.37. The number of para-hydroxylation sites is 4. The van der Waals surface area contributed by atoms with Gasteiger partial charge in [-0.05, 0) is 78.3 Å². The molecule has 0 radical (unpaired) electrons. The SMILES string of the molecule is CCOC(=O)c1c(N2CCN(C(=O)c3cccs3)CC2)c2ccccc2n(C)c1=O.Cn1c(=O)c([N+](=O)[O-])c(N2CCN(C(=O)c3ccccc3)CC2)c2ccccc21.Cn1c(=O)c([N+](=O)[O-])c(N2CCN(C(=O)c3ccco3)CC2)c2ccccc21.Cn1c(=O)c([N+](=O)[O-])c(N2CCN(C(=O)c3cccs3)CC2)c2ccccc21. The number of esters is 1. The molecule has 0 aliphatic carbocycles. The number of aromatic nitrogens is 4. The molecule has 4 aliphatic rings. The summed E-state index contributed by atoms with van der Waals surface area (Å²) in [7, 11) is 6.27. The Morgan fingerprint density at radius 2 is 0.687 bits per heavy atom. The van der Waals surface area contributed by atoms with E-state index in [2.05, 4.69) is 0 Å². The molecule has 7 aromatic heterocycles. The van der Waals surface area contributed by atoms with Gasteiger partial charge in [0.1, 0.15) is 22.6 Å². The van der Waals surface area contributed by atoms with Crippen LogP contribution in [-0.4, -0.2) is 194 Å².